The monoisotopic (exact) mass is 424 g/mol. The summed E-state index contributed by atoms with van der Waals surface area (Å²) in [4.78, 5) is 21.5. The van der Waals surface area contributed by atoms with Gasteiger partial charge in [0.1, 0.15) is 24.4 Å². The lowest BCUT2D eigenvalue weighted by Crippen LogP contribution is -2.58. The number of carboxylic acid groups (broad SMARTS) is 1. The van der Waals surface area contributed by atoms with Crippen LogP contribution in [0.15, 0.2) is 0 Å². The Balaban J connectivity index is 0.000000209. The van der Waals surface area contributed by atoms with Gasteiger partial charge in [-0.1, -0.05) is 6.42 Å². The number of amides is 2. The van der Waals surface area contributed by atoms with Crippen LogP contribution in [0.1, 0.15) is 25.7 Å². The molecule has 2 amide bonds. The number of carbonyl (C=O) groups excluding carboxylic acids is 1. The molecule has 0 aromatic rings. The lowest BCUT2D eigenvalue weighted by Gasteiger charge is -2.37. The van der Waals surface area contributed by atoms with Crippen LogP contribution in [0.3, 0.4) is 0 Å². The van der Waals surface area contributed by atoms with Crippen LogP contribution in [-0.2, 0) is 9.53 Å². The Morgan fingerprint density at radius 1 is 1.11 bits per heavy atom. The number of nitrogens with one attached hydrogen (secondary N) is 2. The molecule has 8 atom stereocenters. The van der Waals surface area contributed by atoms with Crippen molar-refractivity contribution in [3.8, 4) is 0 Å². The predicted molar refractivity (Wildman–Crippen MR) is 97.6 cm³/mol. The Labute approximate surface area is 166 Å². The third kappa shape index (κ3) is 5.92. The van der Waals surface area contributed by atoms with Crippen molar-refractivity contribution in [2.24, 2.45) is 0 Å². The minimum atomic E-state index is -1.57. The van der Waals surface area contributed by atoms with Crippen molar-refractivity contribution >= 4 is 23.8 Å². The van der Waals surface area contributed by atoms with Crippen molar-refractivity contribution in [1.82, 2.24) is 10.6 Å². The number of unbranched alkanes of at least 4 members (excludes halogenated alkanes) is 1. The molecule has 8 N–H and O–H groups in total. The van der Waals surface area contributed by atoms with E-state index in [2.05, 4.69) is 15.4 Å². The normalized spacial score (nSPS) is 39.4. The smallest absolute Gasteiger partial charge is 0.315 e. The molecule has 3 aliphatic heterocycles. The van der Waals surface area contributed by atoms with Gasteiger partial charge in [-0.25, -0.2) is 4.79 Å². The number of aliphatic hydroxyl groups is 5. The fourth-order valence-corrected chi connectivity index (χ4v) is 4.89. The number of aliphatic carboxylic acids is 1. The lowest BCUT2D eigenvalue weighted by molar-refractivity contribution is -0.286. The van der Waals surface area contributed by atoms with Crippen molar-refractivity contribution in [3.05, 3.63) is 0 Å². The molecule has 3 aliphatic rings. The highest BCUT2D eigenvalue weighted by atomic mass is 32.2. The van der Waals surface area contributed by atoms with Gasteiger partial charge < -0.3 is 46.0 Å². The average molecular weight is 424 g/mol. The van der Waals surface area contributed by atoms with Crippen LogP contribution in [-0.4, -0.2) is 103 Å². The number of hydrogen-bond acceptors (Lipinski definition) is 9. The first-order chi connectivity index (χ1) is 13.2. The highest BCUT2D eigenvalue weighted by Crippen LogP contribution is 2.33. The molecule has 3 saturated heterocycles. The second-order valence-corrected chi connectivity index (χ2v) is 8.25. The Kier molecular flexibility index (Phi) is 8.74. The lowest BCUT2D eigenvalue weighted by atomic mass is 10.00. The van der Waals surface area contributed by atoms with Gasteiger partial charge in [-0.05, 0) is 12.8 Å². The van der Waals surface area contributed by atoms with Gasteiger partial charge in [-0.2, -0.15) is 11.8 Å². The van der Waals surface area contributed by atoms with Crippen LogP contribution in [0.2, 0.25) is 0 Å². The summed E-state index contributed by atoms with van der Waals surface area (Å²) in [6, 6.07) is 0.440. The fourth-order valence-electron chi connectivity index (χ4n) is 3.35. The molecule has 0 radical (unpaired) electrons. The number of rotatable bonds is 6. The zero-order valence-corrected chi connectivity index (χ0v) is 16.0. The second kappa shape index (κ2) is 10.6. The molecule has 0 unspecified atom stereocenters. The summed E-state index contributed by atoms with van der Waals surface area (Å²) in [5.41, 5.74) is 0. The molecule has 0 aromatic heterocycles. The second-order valence-electron chi connectivity index (χ2n) is 6.98. The van der Waals surface area contributed by atoms with Crippen LogP contribution in [0.4, 0.5) is 4.79 Å². The minimum absolute atomic E-state index is 0.0640. The maximum Gasteiger partial charge on any atom is 0.315 e. The molecule has 12 heteroatoms. The SMILES string of the molecule is O=C(O)CCCC[C@@H]1SC[C@@H]2NC(=O)N[C@@H]21.OC[C@H]1O[C@H](O)[C@@H](O)[C@@H](O)[C@@H]1O. The molecule has 3 heterocycles. The van der Waals surface area contributed by atoms with Crippen molar-refractivity contribution < 1.29 is 45.0 Å². The maximum atomic E-state index is 11.1. The molecule has 28 heavy (non-hydrogen) atoms. The Morgan fingerprint density at radius 2 is 1.82 bits per heavy atom. The number of urea groups is 1. The van der Waals surface area contributed by atoms with E-state index in [0.717, 1.165) is 25.0 Å². The molecular formula is C16H28N2O9S. The van der Waals surface area contributed by atoms with E-state index in [4.69, 9.17) is 30.6 Å². The van der Waals surface area contributed by atoms with E-state index in [9.17, 15) is 9.59 Å². The zero-order valence-electron chi connectivity index (χ0n) is 15.2. The molecule has 3 rings (SSSR count). The Bertz CT molecular complexity index is 535. The van der Waals surface area contributed by atoms with Crippen LogP contribution in [0, 0.1) is 0 Å². The van der Waals surface area contributed by atoms with E-state index < -0.39 is 43.3 Å². The number of carbonyl (C=O) groups is 2. The number of aliphatic hydroxyl groups excluding tert-OH is 5. The highest BCUT2D eigenvalue weighted by molar-refractivity contribution is 8.00. The van der Waals surface area contributed by atoms with Gasteiger partial charge in [-0.3, -0.25) is 4.79 Å². The summed E-state index contributed by atoms with van der Waals surface area (Å²) >= 11 is 1.87. The summed E-state index contributed by atoms with van der Waals surface area (Å²) in [6.45, 7) is -0.526. The van der Waals surface area contributed by atoms with Crippen LogP contribution >= 0.6 is 11.8 Å². The maximum absolute atomic E-state index is 11.1. The molecular weight excluding hydrogens is 396 g/mol. The molecule has 0 saturated carbocycles. The van der Waals surface area contributed by atoms with E-state index in [-0.39, 0.29) is 24.5 Å². The number of thioether (sulfide) groups is 1. The first-order valence-electron chi connectivity index (χ1n) is 9.13. The summed E-state index contributed by atoms with van der Waals surface area (Å²) in [6.07, 6.45) is -4.16. The van der Waals surface area contributed by atoms with Gasteiger partial charge in [0.15, 0.2) is 6.29 Å². The van der Waals surface area contributed by atoms with Crippen molar-refractivity contribution in [2.75, 3.05) is 12.4 Å². The molecule has 3 fully saturated rings. The summed E-state index contributed by atoms with van der Waals surface area (Å²) in [5.74, 6) is 0.236. The molecule has 162 valence electrons. The van der Waals surface area contributed by atoms with Crippen LogP contribution in [0.25, 0.3) is 0 Å². The highest BCUT2D eigenvalue weighted by Gasteiger charge is 2.43. The van der Waals surface area contributed by atoms with Crippen LogP contribution < -0.4 is 10.6 Å². The zero-order chi connectivity index (χ0) is 20.8. The molecule has 0 bridgehead atoms. The third-order valence-corrected chi connectivity index (χ3v) is 6.44. The van der Waals surface area contributed by atoms with Gasteiger partial charge in [0.25, 0.3) is 0 Å². The average Bonchev–Trinajstić information content (AvgIpc) is 3.20. The predicted octanol–water partition coefficient (Wildman–Crippen LogP) is -2.42. The third-order valence-electron chi connectivity index (χ3n) is 4.93. The van der Waals surface area contributed by atoms with Crippen molar-refractivity contribution in [3.63, 3.8) is 0 Å². The van der Waals surface area contributed by atoms with Gasteiger partial charge >= 0.3 is 12.0 Å². The van der Waals surface area contributed by atoms with Gasteiger partial charge in [0.05, 0.1) is 18.7 Å². The van der Waals surface area contributed by atoms with Gasteiger partial charge in [-0.15, -0.1) is 0 Å². The van der Waals surface area contributed by atoms with E-state index in [0.29, 0.717) is 5.25 Å². The largest absolute Gasteiger partial charge is 0.481 e. The fraction of sp³-hybridized carbons (Fsp3) is 0.875. The molecule has 0 spiro atoms. The molecule has 11 nitrogen and oxygen atoms in total. The van der Waals surface area contributed by atoms with E-state index in [1.54, 1.807) is 0 Å². The van der Waals surface area contributed by atoms with E-state index in [1.165, 1.54) is 0 Å². The van der Waals surface area contributed by atoms with Gasteiger partial charge in [0.2, 0.25) is 0 Å². The summed E-state index contributed by atoms with van der Waals surface area (Å²) in [5, 5.41) is 59.4. The van der Waals surface area contributed by atoms with Gasteiger partial charge in [0, 0.05) is 17.4 Å². The quantitative estimate of drug-likeness (QED) is 0.168. The first kappa shape index (κ1) is 23.1. The van der Waals surface area contributed by atoms with Crippen molar-refractivity contribution in [1.29, 1.82) is 0 Å². The van der Waals surface area contributed by atoms with E-state index >= 15 is 0 Å². The number of carboxylic acids is 1. The molecule has 0 aliphatic carbocycles. The Morgan fingerprint density at radius 3 is 2.46 bits per heavy atom. The number of fused-ring (bicyclic) bond motifs is 1. The summed E-state index contributed by atoms with van der Waals surface area (Å²) in [7, 11) is 0. The molecule has 0 aromatic carbocycles. The Hall–Kier alpha value is -1.15. The number of ether oxygens (including phenoxy) is 1. The standard InChI is InChI=1S/C10H16N2O3S.C6H12O6/c13-8(14)4-2-1-3-7-9-6(5-16-7)11-10(15)12-9;7-1-2-3(8)4(9)5(10)6(11)12-2/h6-7,9H,1-5H2,(H,13,14)(H2,11,12,15);2-11H,1H2/t6-,7-,9-;2-,3-,4+,5+,6+/m01/s1. The van der Waals surface area contributed by atoms with E-state index in [1.807, 2.05) is 11.8 Å². The van der Waals surface area contributed by atoms with Crippen molar-refractivity contribution in [2.45, 2.75) is 73.7 Å². The van der Waals surface area contributed by atoms with Crippen LogP contribution in [0.5, 0.6) is 0 Å². The summed E-state index contributed by atoms with van der Waals surface area (Å²) < 4.78 is 4.58. The topological polar surface area (TPSA) is 189 Å². The first-order valence-corrected chi connectivity index (χ1v) is 10.2. The minimum Gasteiger partial charge on any atom is -0.481 e. The number of hydrogen-bond donors (Lipinski definition) is 8.